The summed E-state index contributed by atoms with van der Waals surface area (Å²) < 4.78 is 0. The van der Waals surface area contributed by atoms with Gasteiger partial charge < -0.3 is 0 Å². The van der Waals surface area contributed by atoms with Crippen molar-refractivity contribution in [2.45, 2.75) is 12.8 Å². The zero-order valence-electron chi connectivity index (χ0n) is 19.5. The zero-order chi connectivity index (χ0) is 24.3. The quantitative estimate of drug-likeness (QED) is 0.496. The van der Waals surface area contributed by atoms with Crippen molar-refractivity contribution in [3.05, 3.63) is 72.8 Å². The number of imide groups is 2. The van der Waals surface area contributed by atoms with Gasteiger partial charge in [-0.1, -0.05) is 48.6 Å². The van der Waals surface area contributed by atoms with E-state index in [1.165, 1.54) is 9.80 Å². The minimum Gasteiger partial charge on any atom is -0.274 e. The van der Waals surface area contributed by atoms with Gasteiger partial charge in [0.2, 0.25) is 23.6 Å². The smallest absolute Gasteiger partial charge is 0.238 e. The van der Waals surface area contributed by atoms with E-state index < -0.39 is 0 Å². The molecule has 2 heterocycles. The number of carbonyl (C=O) groups excluding carboxylic acids is 4. The summed E-state index contributed by atoms with van der Waals surface area (Å²) in [6.07, 6.45) is 10.2. The lowest BCUT2D eigenvalue weighted by Crippen LogP contribution is -2.32. The maximum atomic E-state index is 13.1. The average Bonchev–Trinajstić information content (AvgIpc) is 3.73. The number of benzene rings is 2. The second-order valence-corrected chi connectivity index (χ2v) is 11.1. The lowest BCUT2D eigenvalue weighted by Gasteiger charge is -2.18. The Bertz CT molecular complexity index is 1250. The van der Waals surface area contributed by atoms with Gasteiger partial charge >= 0.3 is 0 Å². The number of rotatable bonds is 3. The van der Waals surface area contributed by atoms with E-state index in [-0.39, 0.29) is 71.0 Å². The second-order valence-electron chi connectivity index (χ2n) is 11.1. The van der Waals surface area contributed by atoms with Crippen molar-refractivity contribution in [1.29, 1.82) is 0 Å². The van der Waals surface area contributed by atoms with Gasteiger partial charge in [-0.05, 0) is 71.9 Å². The number of anilines is 2. The summed E-state index contributed by atoms with van der Waals surface area (Å²) in [4.78, 5) is 55.1. The zero-order valence-corrected chi connectivity index (χ0v) is 19.5. The summed E-state index contributed by atoms with van der Waals surface area (Å²) in [7, 11) is 0. The highest BCUT2D eigenvalue weighted by atomic mass is 16.2. The van der Waals surface area contributed by atoms with E-state index in [9.17, 15) is 19.2 Å². The number of hydrogen-bond donors (Lipinski definition) is 0. The van der Waals surface area contributed by atoms with E-state index in [2.05, 4.69) is 24.3 Å². The molecule has 4 fully saturated rings. The van der Waals surface area contributed by atoms with Gasteiger partial charge in [-0.25, -0.2) is 0 Å². The summed E-state index contributed by atoms with van der Waals surface area (Å²) in [6, 6.07) is 14.9. The summed E-state index contributed by atoms with van der Waals surface area (Å²) >= 11 is 0. The van der Waals surface area contributed by atoms with E-state index in [0.717, 1.165) is 24.0 Å². The minimum atomic E-state index is -0.207. The molecule has 4 amide bonds. The topological polar surface area (TPSA) is 74.8 Å². The Kier molecular flexibility index (Phi) is 3.91. The van der Waals surface area contributed by atoms with Gasteiger partial charge in [-0.3, -0.25) is 29.0 Å². The van der Waals surface area contributed by atoms with Crippen LogP contribution >= 0.6 is 0 Å². The van der Waals surface area contributed by atoms with Crippen LogP contribution in [0.3, 0.4) is 0 Å². The molecule has 0 N–H and O–H groups in total. The van der Waals surface area contributed by atoms with Gasteiger partial charge in [0, 0.05) is 0 Å². The number of nitrogens with zero attached hydrogens (tertiary/aromatic N) is 2. The van der Waals surface area contributed by atoms with Crippen LogP contribution in [0.2, 0.25) is 0 Å². The van der Waals surface area contributed by atoms with Crippen molar-refractivity contribution >= 4 is 35.0 Å². The fraction of sp³-hybridized carbons (Fsp3) is 0.333. The Morgan fingerprint density at radius 3 is 1.00 bits per heavy atom. The van der Waals surface area contributed by atoms with Gasteiger partial charge in [0.05, 0.1) is 35.0 Å². The van der Waals surface area contributed by atoms with Crippen LogP contribution in [-0.2, 0) is 19.2 Å². The molecular weight excluding hydrogens is 452 g/mol. The van der Waals surface area contributed by atoms with Crippen molar-refractivity contribution in [1.82, 2.24) is 0 Å². The summed E-state index contributed by atoms with van der Waals surface area (Å²) in [5.74, 6) is -0.359. The van der Waals surface area contributed by atoms with E-state index in [0.29, 0.717) is 11.4 Å². The monoisotopic (exact) mass is 476 g/mol. The van der Waals surface area contributed by atoms with Crippen molar-refractivity contribution in [2.24, 2.45) is 47.3 Å². The molecule has 8 rings (SSSR count). The molecular formula is C30H24N2O4. The third-order valence-corrected chi connectivity index (χ3v) is 9.53. The van der Waals surface area contributed by atoms with Crippen molar-refractivity contribution in [2.75, 3.05) is 9.80 Å². The molecule has 0 spiro atoms. The maximum absolute atomic E-state index is 13.1. The Morgan fingerprint density at radius 1 is 0.444 bits per heavy atom. The molecule has 6 nitrogen and oxygen atoms in total. The normalized spacial score (nSPS) is 37.1. The Labute approximate surface area is 208 Å². The molecule has 2 aromatic rings. The first-order valence-electron chi connectivity index (χ1n) is 12.8. The standard InChI is InChI=1S/C30H24N2O4/c33-27-23-17-1-2-18(13-17)24(23)28(34)31(27)21-9-5-15(6-10-21)16-7-11-22(12-8-16)32-29(35)25-19-3-4-20(14-19)26(25)30(32)36/h1-12,17-20,23-26H,13-14H2/t17-,18+,19-,20+,23-,24-,25-,26+/m0/s1. The molecule has 2 aromatic carbocycles. The first-order valence-corrected chi connectivity index (χ1v) is 12.8. The van der Waals surface area contributed by atoms with Crippen LogP contribution in [0.15, 0.2) is 72.8 Å². The van der Waals surface area contributed by atoms with Crippen LogP contribution in [0.25, 0.3) is 11.1 Å². The van der Waals surface area contributed by atoms with Crippen molar-refractivity contribution in [3.63, 3.8) is 0 Å². The molecule has 36 heavy (non-hydrogen) atoms. The van der Waals surface area contributed by atoms with Crippen LogP contribution in [0.5, 0.6) is 0 Å². The third kappa shape index (κ3) is 2.47. The number of carbonyl (C=O) groups is 4. The van der Waals surface area contributed by atoms with E-state index in [1.807, 2.05) is 48.5 Å². The molecule has 8 atom stereocenters. The van der Waals surface area contributed by atoms with Gasteiger partial charge in [0.25, 0.3) is 0 Å². The lowest BCUT2D eigenvalue weighted by atomic mass is 9.85. The molecule has 6 heteroatoms. The number of allylic oxidation sites excluding steroid dienone is 4. The third-order valence-electron chi connectivity index (χ3n) is 9.53. The molecule has 2 saturated carbocycles. The first-order chi connectivity index (χ1) is 17.5. The highest BCUT2D eigenvalue weighted by Gasteiger charge is 2.60. The molecule has 6 aliphatic rings. The van der Waals surface area contributed by atoms with Crippen molar-refractivity contribution < 1.29 is 19.2 Å². The molecule has 4 aliphatic carbocycles. The first kappa shape index (κ1) is 20.4. The fourth-order valence-electron chi connectivity index (χ4n) is 7.92. The Morgan fingerprint density at radius 2 is 0.722 bits per heavy atom. The molecule has 0 aromatic heterocycles. The van der Waals surface area contributed by atoms with Gasteiger partial charge in [0.1, 0.15) is 0 Å². The molecule has 4 bridgehead atoms. The van der Waals surface area contributed by atoms with Crippen LogP contribution in [-0.4, -0.2) is 23.6 Å². The molecule has 0 unspecified atom stereocenters. The van der Waals surface area contributed by atoms with Crippen molar-refractivity contribution in [3.8, 4) is 11.1 Å². The molecule has 178 valence electrons. The molecule has 2 aliphatic heterocycles. The maximum Gasteiger partial charge on any atom is 0.238 e. The van der Waals surface area contributed by atoms with Crippen LogP contribution in [0.1, 0.15) is 12.8 Å². The predicted molar refractivity (Wildman–Crippen MR) is 132 cm³/mol. The number of hydrogen-bond acceptors (Lipinski definition) is 4. The van der Waals surface area contributed by atoms with Crippen LogP contribution < -0.4 is 9.80 Å². The van der Waals surface area contributed by atoms with Gasteiger partial charge in [-0.15, -0.1) is 0 Å². The highest BCUT2D eigenvalue weighted by molar-refractivity contribution is 6.23. The Hall–Kier alpha value is -3.80. The SMILES string of the molecule is O=C1[C@@H]2[C@@H](C(=O)N1c1ccc(-c3ccc(N4C(=O)[C@@H]5[C@H](C4=O)[C@@H]4C=C[C@H]5C4)cc3)cc1)[C@H]1C=C[C@@H]2C1. The highest BCUT2D eigenvalue weighted by Crippen LogP contribution is 2.54. The largest absolute Gasteiger partial charge is 0.274 e. The minimum absolute atomic E-state index is 0.0766. The fourth-order valence-corrected chi connectivity index (χ4v) is 7.92. The predicted octanol–water partition coefficient (Wildman–Crippen LogP) is 3.98. The van der Waals surface area contributed by atoms with Crippen LogP contribution in [0, 0.1) is 47.3 Å². The van der Waals surface area contributed by atoms with E-state index in [1.54, 1.807) is 0 Å². The number of fused-ring (bicyclic) bond motifs is 10. The van der Waals surface area contributed by atoms with Crippen LogP contribution in [0.4, 0.5) is 11.4 Å². The summed E-state index contributed by atoms with van der Waals surface area (Å²) in [5.41, 5.74) is 3.10. The van der Waals surface area contributed by atoms with E-state index in [4.69, 9.17) is 0 Å². The van der Waals surface area contributed by atoms with E-state index >= 15 is 0 Å². The molecule has 0 radical (unpaired) electrons. The molecule has 2 saturated heterocycles. The average molecular weight is 477 g/mol. The summed E-state index contributed by atoms with van der Waals surface area (Å²) in [6.45, 7) is 0. The number of amides is 4. The Balaban J connectivity index is 1.03. The lowest BCUT2D eigenvalue weighted by molar-refractivity contribution is -0.124. The van der Waals surface area contributed by atoms with Gasteiger partial charge in [0.15, 0.2) is 0 Å². The second kappa shape index (κ2) is 6.90. The summed E-state index contributed by atoms with van der Waals surface area (Å²) in [5, 5.41) is 0. The van der Waals surface area contributed by atoms with Gasteiger partial charge in [-0.2, -0.15) is 0 Å².